The van der Waals surface area contributed by atoms with Crippen LogP contribution in [0.1, 0.15) is 43.7 Å². The lowest BCUT2D eigenvalue weighted by Crippen LogP contribution is -2.37. The van der Waals surface area contributed by atoms with E-state index in [-0.39, 0.29) is 0 Å². The minimum Gasteiger partial charge on any atom is -0.493 e. The molecule has 1 aliphatic carbocycles. The van der Waals surface area contributed by atoms with Crippen LogP contribution < -0.4 is 10.1 Å². The molecule has 1 saturated carbocycles. The Bertz CT molecular complexity index is 474. The molecule has 1 aromatic carbocycles. The lowest BCUT2D eigenvalue weighted by Gasteiger charge is -2.29. The van der Waals surface area contributed by atoms with Crippen molar-refractivity contribution >= 4 is 15.9 Å². The van der Waals surface area contributed by atoms with Gasteiger partial charge < -0.3 is 15.0 Å². The molecule has 1 aromatic rings. The Labute approximate surface area is 136 Å². The van der Waals surface area contributed by atoms with Gasteiger partial charge in [-0.1, -0.05) is 28.8 Å². The third-order valence-electron chi connectivity index (χ3n) is 4.81. The number of nitrogens with zero attached hydrogens (tertiary/aromatic N) is 1. The molecule has 1 atom stereocenters. The number of fused-ring (bicyclic) bond motifs is 1. The van der Waals surface area contributed by atoms with Crippen molar-refractivity contribution in [3.63, 3.8) is 0 Å². The van der Waals surface area contributed by atoms with Crippen LogP contribution in [0.15, 0.2) is 22.7 Å². The Morgan fingerprint density at radius 2 is 2.10 bits per heavy atom. The summed E-state index contributed by atoms with van der Waals surface area (Å²) in [6.45, 7) is 2.99. The van der Waals surface area contributed by atoms with Crippen LogP contribution in [0.25, 0.3) is 0 Å². The molecule has 3 nitrogen and oxygen atoms in total. The Morgan fingerprint density at radius 3 is 2.90 bits per heavy atom. The number of hydrogen-bond donors (Lipinski definition) is 1. The first-order valence-electron chi connectivity index (χ1n) is 8.10. The highest BCUT2D eigenvalue weighted by Crippen LogP contribution is 2.34. The van der Waals surface area contributed by atoms with Gasteiger partial charge in [-0.3, -0.25) is 0 Å². The first kappa shape index (κ1) is 15.3. The third-order valence-corrected chi connectivity index (χ3v) is 5.31. The number of likely N-dealkylation sites (N-methyl/N-ethyl adjacent to an activating group) is 1. The van der Waals surface area contributed by atoms with Crippen molar-refractivity contribution in [2.75, 3.05) is 26.7 Å². The Hall–Kier alpha value is -0.580. The average Bonchev–Trinajstić information content (AvgIpc) is 3.02. The highest BCUT2D eigenvalue weighted by atomic mass is 79.9. The lowest BCUT2D eigenvalue weighted by molar-refractivity contribution is 0.225. The van der Waals surface area contributed by atoms with Gasteiger partial charge in [-0.15, -0.1) is 0 Å². The highest BCUT2D eigenvalue weighted by Gasteiger charge is 2.22. The molecular weight excluding hydrogens is 328 g/mol. The molecule has 0 radical (unpaired) electrons. The van der Waals surface area contributed by atoms with Crippen molar-refractivity contribution in [1.29, 1.82) is 0 Å². The molecule has 1 unspecified atom stereocenters. The van der Waals surface area contributed by atoms with Crippen molar-refractivity contribution in [3.05, 3.63) is 28.2 Å². The van der Waals surface area contributed by atoms with E-state index < -0.39 is 0 Å². The molecule has 4 heteroatoms. The highest BCUT2D eigenvalue weighted by molar-refractivity contribution is 9.10. The molecule has 116 valence electrons. The number of ether oxygens (including phenoxy) is 1. The van der Waals surface area contributed by atoms with E-state index in [4.69, 9.17) is 4.74 Å². The van der Waals surface area contributed by atoms with Crippen LogP contribution in [0.5, 0.6) is 5.75 Å². The minimum atomic E-state index is 0.420. The molecule has 0 aromatic heterocycles. The smallest absolute Gasteiger partial charge is 0.124 e. The molecular formula is C17H25BrN2O. The average molecular weight is 353 g/mol. The van der Waals surface area contributed by atoms with E-state index in [1.54, 1.807) is 0 Å². The Kier molecular flexibility index (Phi) is 5.19. The first-order valence-corrected chi connectivity index (χ1v) is 8.89. The van der Waals surface area contributed by atoms with Crippen LogP contribution in [-0.4, -0.2) is 37.7 Å². The lowest BCUT2D eigenvalue weighted by atomic mass is 10.0. The summed E-state index contributed by atoms with van der Waals surface area (Å²) in [7, 11) is 2.27. The summed E-state index contributed by atoms with van der Waals surface area (Å²) in [6.07, 6.45) is 6.62. The molecule has 3 rings (SSSR count). The fraction of sp³-hybridized carbons (Fsp3) is 0.647. The summed E-state index contributed by atoms with van der Waals surface area (Å²) in [6, 6.07) is 7.53. The van der Waals surface area contributed by atoms with Crippen LogP contribution in [-0.2, 0) is 0 Å². The summed E-state index contributed by atoms with van der Waals surface area (Å²) in [5.41, 5.74) is 1.29. The summed E-state index contributed by atoms with van der Waals surface area (Å²) >= 11 is 3.56. The Balaban J connectivity index is 1.53. The van der Waals surface area contributed by atoms with Gasteiger partial charge in [-0.05, 0) is 38.1 Å². The zero-order valence-corrected chi connectivity index (χ0v) is 14.4. The molecule has 0 bridgehead atoms. The maximum atomic E-state index is 5.75. The second-order valence-corrected chi connectivity index (χ2v) is 7.16. The van der Waals surface area contributed by atoms with Crippen LogP contribution in [0.2, 0.25) is 0 Å². The second kappa shape index (κ2) is 7.12. The van der Waals surface area contributed by atoms with Gasteiger partial charge in [-0.25, -0.2) is 0 Å². The van der Waals surface area contributed by atoms with Crippen LogP contribution in [0.3, 0.4) is 0 Å². The van der Waals surface area contributed by atoms with Gasteiger partial charge in [-0.2, -0.15) is 0 Å². The standard InChI is InChI=1S/C17H25BrN2O/c1-20(14-4-2-3-5-14)10-9-19-16-8-11-21-17-7-6-13(18)12-15(16)17/h6-7,12,14,16,19H,2-5,8-11H2,1H3. The van der Waals surface area contributed by atoms with E-state index in [0.717, 1.165) is 42.4 Å². The largest absolute Gasteiger partial charge is 0.493 e. The van der Waals surface area contributed by atoms with Gasteiger partial charge in [0.05, 0.1) is 6.61 Å². The number of benzene rings is 1. The molecule has 0 saturated heterocycles. The van der Waals surface area contributed by atoms with Crippen molar-refractivity contribution in [3.8, 4) is 5.75 Å². The molecule has 1 aliphatic heterocycles. The Morgan fingerprint density at radius 1 is 1.29 bits per heavy atom. The molecule has 1 heterocycles. The monoisotopic (exact) mass is 352 g/mol. The molecule has 1 fully saturated rings. The van der Waals surface area contributed by atoms with Gasteiger partial charge in [0.1, 0.15) is 5.75 Å². The van der Waals surface area contributed by atoms with E-state index in [1.165, 1.54) is 31.2 Å². The summed E-state index contributed by atoms with van der Waals surface area (Å²) in [4.78, 5) is 2.53. The quantitative estimate of drug-likeness (QED) is 0.873. The normalized spacial score (nSPS) is 22.3. The van der Waals surface area contributed by atoms with Gasteiger partial charge >= 0.3 is 0 Å². The van der Waals surface area contributed by atoms with E-state index in [2.05, 4.69) is 51.4 Å². The molecule has 21 heavy (non-hydrogen) atoms. The fourth-order valence-electron chi connectivity index (χ4n) is 3.52. The van der Waals surface area contributed by atoms with Gasteiger partial charge in [0.15, 0.2) is 0 Å². The van der Waals surface area contributed by atoms with E-state index in [1.807, 2.05) is 0 Å². The van der Waals surface area contributed by atoms with Crippen LogP contribution >= 0.6 is 15.9 Å². The van der Waals surface area contributed by atoms with Crippen LogP contribution in [0.4, 0.5) is 0 Å². The summed E-state index contributed by atoms with van der Waals surface area (Å²) in [5, 5.41) is 3.72. The first-order chi connectivity index (χ1) is 10.2. The van der Waals surface area contributed by atoms with Crippen molar-refractivity contribution in [1.82, 2.24) is 10.2 Å². The maximum Gasteiger partial charge on any atom is 0.124 e. The van der Waals surface area contributed by atoms with Gasteiger partial charge in [0.2, 0.25) is 0 Å². The molecule has 0 amide bonds. The van der Waals surface area contributed by atoms with Crippen molar-refractivity contribution < 1.29 is 4.74 Å². The van der Waals surface area contributed by atoms with Crippen molar-refractivity contribution in [2.24, 2.45) is 0 Å². The van der Waals surface area contributed by atoms with Crippen LogP contribution in [0, 0.1) is 0 Å². The third kappa shape index (κ3) is 3.79. The number of rotatable bonds is 5. The molecule has 2 aliphatic rings. The summed E-state index contributed by atoms with van der Waals surface area (Å²) in [5.74, 6) is 1.03. The van der Waals surface area contributed by atoms with E-state index >= 15 is 0 Å². The number of halogens is 1. The SMILES string of the molecule is CN(CCNC1CCOc2ccc(Br)cc21)C1CCCC1. The number of nitrogens with one attached hydrogen (secondary N) is 1. The van der Waals surface area contributed by atoms with E-state index in [9.17, 15) is 0 Å². The predicted octanol–water partition coefficient (Wildman–Crippen LogP) is 3.74. The maximum absolute atomic E-state index is 5.75. The number of hydrogen-bond acceptors (Lipinski definition) is 3. The zero-order valence-electron chi connectivity index (χ0n) is 12.8. The molecule has 1 N–H and O–H groups in total. The zero-order chi connectivity index (χ0) is 14.7. The van der Waals surface area contributed by atoms with E-state index in [0.29, 0.717) is 6.04 Å². The van der Waals surface area contributed by atoms with Crippen molar-refractivity contribution in [2.45, 2.75) is 44.2 Å². The molecule has 0 spiro atoms. The summed E-state index contributed by atoms with van der Waals surface area (Å²) < 4.78 is 6.87. The predicted molar refractivity (Wildman–Crippen MR) is 89.9 cm³/mol. The van der Waals surface area contributed by atoms with Gasteiger partial charge in [0, 0.05) is 41.6 Å². The second-order valence-electron chi connectivity index (χ2n) is 6.24. The fourth-order valence-corrected chi connectivity index (χ4v) is 3.90. The van der Waals surface area contributed by atoms with Gasteiger partial charge in [0.25, 0.3) is 0 Å². The topological polar surface area (TPSA) is 24.5 Å². The minimum absolute atomic E-state index is 0.420.